The van der Waals surface area contributed by atoms with Crippen molar-refractivity contribution in [3.05, 3.63) is 34.9 Å². The molecule has 1 aromatic rings. The Morgan fingerprint density at radius 3 is 2.50 bits per heavy atom. The molecule has 0 heterocycles. The fourth-order valence-electron chi connectivity index (χ4n) is 1.80. The third-order valence-electron chi connectivity index (χ3n) is 2.79. The van der Waals surface area contributed by atoms with Crippen molar-refractivity contribution in [1.82, 2.24) is 0 Å². The molecule has 0 N–H and O–H groups in total. The third-order valence-corrected chi connectivity index (χ3v) is 3.37. The lowest BCUT2D eigenvalue weighted by molar-refractivity contribution is -0.119. The second kappa shape index (κ2) is 3.56. The van der Waals surface area contributed by atoms with Crippen molar-refractivity contribution in [3.8, 4) is 0 Å². The summed E-state index contributed by atoms with van der Waals surface area (Å²) in [7, 11) is 0. The van der Waals surface area contributed by atoms with E-state index >= 15 is 0 Å². The van der Waals surface area contributed by atoms with Crippen LogP contribution in [0, 0.1) is 0 Å². The molecule has 0 amide bonds. The largest absolute Gasteiger partial charge is 0.297 e. The number of hydrogen-bond donors (Lipinski definition) is 0. The first kappa shape index (κ1) is 10.0. The molecule has 14 heavy (non-hydrogen) atoms. The summed E-state index contributed by atoms with van der Waals surface area (Å²) >= 11 is 11.6. The van der Waals surface area contributed by atoms with Gasteiger partial charge in [-0.1, -0.05) is 29.8 Å². The van der Waals surface area contributed by atoms with Crippen LogP contribution < -0.4 is 0 Å². The molecule has 0 spiro atoms. The Morgan fingerprint density at radius 2 is 2.00 bits per heavy atom. The molecule has 74 valence electrons. The van der Waals surface area contributed by atoms with E-state index in [4.69, 9.17) is 23.2 Å². The van der Waals surface area contributed by atoms with E-state index in [-0.39, 0.29) is 17.1 Å². The van der Waals surface area contributed by atoms with Crippen LogP contribution in [-0.4, -0.2) is 11.7 Å². The van der Waals surface area contributed by atoms with Crippen LogP contribution >= 0.6 is 23.2 Å². The maximum absolute atomic E-state index is 11.7. The van der Waals surface area contributed by atoms with Crippen molar-refractivity contribution < 1.29 is 4.79 Å². The second-order valence-corrected chi connectivity index (χ2v) is 4.29. The minimum atomic E-state index is -0.361. The minimum absolute atomic E-state index is 0.0746. The van der Waals surface area contributed by atoms with Crippen LogP contribution in [-0.2, 0) is 10.2 Å². The topological polar surface area (TPSA) is 17.1 Å². The predicted molar refractivity (Wildman–Crippen MR) is 58.1 cm³/mol. The molecule has 2 rings (SSSR count). The highest BCUT2D eigenvalue weighted by Crippen LogP contribution is 2.51. The zero-order chi connectivity index (χ0) is 10.2. The van der Waals surface area contributed by atoms with Crippen LogP contribution in [0.2, 0.25) is 5.02 Å². The Balaban J connectivity index is 2.40. The van der Waals surface area contributed by atoms with Crippen LogP contribution in [0.25, 0.3) is 0 Å². The van der Waals surface area contributed by atoms with Crippen molar-refractivity contribution >= 4 is 29.0 Å². The van der Waals surface area contributed by atoms with Crippen molar-refractivity contribution in [2.24, 2.45) is 0 Å². The van der Waals surface area contributed by atoms with Gasteiger partial charge in [0.15, 0.2) is 5.78 Å². The molecular formula is C11H10Cl2O. The molecule has 1 saturated carbocycles. The van der Waals surface area contributed by atoms with Gasteiger partial charge in [0.05, 0.1) is 11.3 Å². The van der Waals surface area contributed by atoms with Gasteiger partial charge in [0.1, 0.15) is 0 Å². The molecule has 0 atom stereocenters. The molecule has 1 aromatic carbocycles. The smallest absolute Gasteiger partial charge is 0.158 e. The van der Waals surface area contributed by atoms with E-state index in [0.29, 0.717) is 5.02 Å². The minimum Gasteiger partial charge on any atom is -0.297 e. The van der Waals surface area contributed by atoms with Crippen LogP contribution in [0.15, 0.2) is 24.3 Å². The van der Waals surface area contributed by atoms with E-state index in [9.17, 15) is 4.79 Å². The number of alkyl halides is 1. The summed E-state index contributed by atoms with van der Waals surface area (Å²) in [6.07, 6.45) is 1.75. The molecular weight excluding hydrogens is 219 g/mol. The maximum Gasteiger partial charge on any atom is 0.158 e. The maximum atomic E-state index is 11.7. The summed E-state index contributed by atoms with van der Waals surface area (Å²) in [6.45, 7) is 0. The molecule has 1 aliphatic rings. The van der Waals surface area contributed by atoms with E-state index in [2.05, 4.69) is 0 Å². The lowest BCUT2D eigenvalue weighted by Gasteiger charge is -2.14. The quantitative estimate of drug-likeness (QED) is 0.727. The highest BCUT2D eigenvalue weighted by Gasteiger charge is 2.51. The zero-order valence-corrected chi connectivity index (χ0v) is 9.11. The summed E-state index contributed by atoms with van der Waals surface area (Å²) in [4.78, 5) is 11.7. The average Bonchev–Trinajstić information content (AvgIpc) is 2.98. The molecule has 0 aromatic heterocycles. The van der Waals surface area contributed by atoms with Gasteiger partial charge in [-0.05, 0) is 24.5 Å². The monoisotopic (exact) mass is 228 g/mol. The van der Waals surface area contributed by atoms with E-state index < -0.39 is 0 Å². The second-order valence-electron chi connectivity index (χ2n) is 3.62. The SMILES string of the molecule is O=C(CCl)C1(c2ccccc2Cl)CC1. The molecule has 3 heteroatoms. The molecule has 0 bridgehead atoms. The Kier molecular flexibility index (Phi) is 2.54. The Morgan fingerprint density at radius 1 is 1.36 bits per heavy atom. The predicted octanol–water partition coefficient (Wildman–Crippen LogP) is 3.18. The molecule has 0 radical (unpaired) electrons. The van der Waals surface area contributed by atoms with Crippen LogP contribution in [0.1, 0.15) is 18.4 Å². The molecule has 1 fully saturated rings. The standard InChI is InChI=1S/C11H10Cl2O/c12-7-10(14)11(5-6-11)8-3-1-2-4-9(8)13/h1-4H,5-7H2. The third kappa shape index (κ3) is 1.45. The Hall–Kier alpha value is -0.530. The first-order chi connectivity index (χ1) is 6.70. The van der Waals surface area contributed by atoms with Crippen molar-refractivity contribution in [1.29, 1.82) is 0 Å². The van der Waals surface area contributed by atoms with Gasteiger partial charge in [0.2, 0.25) is 0 Å². The number of rotatable bonds is 3. The first-order valence-corrected chi connectivity index (χ1v) is 5.46. The van der Waals surface area contributed by atoms with E-state index in [0.717, 1.165) is 18.4 Å². The molecule has 0 saturated heterocycles. The number of carbonyl (C=O) groups excluding carboxylic acids is 1. The number of ketones is 1. The van der Waals surface area contributed by atoms with Gasteiger partial charge >= 0.3 is 0 Å². The van der Waals surface area contributed by atoms with Crippen molar-refractivity contribution in [3.63, 3.8) is 0 Å². The van der Waals surface area contributed by atoms with E-state index in [1.54, 1.807) is 0 Å². The van der Waals surface area contributed by atoms with Gasteiger partial charge in [-0.3, -0.25) is 4.79 Å². The summed E-state index contributed by atoms with van der Waals surface area (Å²) < 4.78 is 0. The zero-order valence-electron chi connectivity index (χ0n) is 7.59. The van der Waals surface area contributed by atoms with Gasteiger partial charge < -0.3 is 0 Å². The van der Waals surface area contributed by atoms with E-state index in [1.807, 2.05) is 24.3 Å². The highest BCUT2D eigenvalue weighted by atomic mass is 35.5. The lowest BCUT2D eigenvalue weighted by atomic mass is 9.92. The molecule has 0 aliphatic heterocycles. The number of Topliss-reactive ketones (excluding diaryl/α,β-unsaturated/α-hetero) is 1. The van der Waals surface area contributed by atoms with Gasteiger partial charge in [0.25, 0.3) is 0 Å². The number of carbonyl (C=O) groups is 1. The average molecular weight is 229 g/mol. The number of halogens is 2. The van der Waals surface area contributed by atoms with E-state index in [1.165, 1.54) is 0 Å². The van der Waals surface area contributed by atoms with Gasteiger partial charge in [-0.25, -0.2) is 0 Å². The molecule has 1 aliphatic carbocycles. The van der Waals surface area contributed by atoms with Crippen LogP contribution in [0.3, 0.4) is 0 Å². The first-order valence-electron chi connectivity index (χ1n) is 4.55. The molecule has 1 nitrogen and oxygen atoms in total. The molecule has 0 unspecified atom stereocenters. The van der Waals surface area contributed by atoms with Gasteiger partial charge in [0, 0.05) is 5.02 Å². The van der Waals surface area contributed by atoms with Gasteiger partial charge in [-0.15, -0.1) is 11.6 Å². The Bertz CT molecular complexity index is 369. The lowest BCUT2D eigenvalue weighted by Crippen LogP contribution is -2.21. The van der Waals surface area contributed by atoms with Crippen LogP contribution in [0.5, 0.6) is 0 Å². The number of benzene rings is 1. The highest BCUT2D eigenvalue weighted by molar-refractivity contribution is 6.33. The summed E-state index contributed by atoms with van der Waals surface area (Å²) in [5, 5.41) is 0.670. The number of hydrogen-bond acceptors (Lipinski definition) is 1. The fraction of sp³-hybridized carbons (Fsp3) is 0.364. The van der Waals surface area contributed by atoms with Crippen LogP contribution in [0.4, 0.5) is 0 Å². The normalized spacial score (nSPS) is 17.9. The van der Waals surface area contributed by atoms with Crippen molar-refractivity contribution in [2.75, 3.05) is 5.88 Å². The van der Waals surface area contributed by atoms with Gasteiger partial charge in [-0.2, -0.15) is 0 Å². The fourth-order valence-corrected chi connectivity index (χ4v) is 2.37. The van der Waals surface area contributed by atoms with Crippen molar-refractivity contribution in [2.45, 2.75) is 18.3 Å². The summed E-state index contributed by atoms with van der Waals surface area (Å²) in [5.74, 6) is 0.165. The summed E-state index contributed by atoms with van der Waals surface area (Å²) in [6, 6.07) is 7.51. The Labute approximate surface area is 93.0 Å². The summed E-state index contributed by atoms with van der Waals surface area (Å²) in [5.41, 5.74) is 0.576.